The number of fused-ring (bicyclic) bond motifs is 3. The molecule has 4 aromatic rings. The summed E-state index contributed by atoms with van der Waals surface area (Å²) in [6, 6.07) is 15.3. The van der Waals surface area contributed by atoms with E-state index in [-0.39, 0.29) is 13.2 Å². The van der Waals surface area contributed by atoms with E-state index < -0.39 is 25.9 Å². The number of hydrogen-bond donors (Lipinski definition) is 2. The molecule has 0 fully saturated rings. The molecule has 0 saturated carbocycles. The number of pyridine rings is 1. The zero-order valence-electron chi connectivity index (χ0n) is 21.8. The number of nitrogens with one attached hydrogen (secondary N) is 1. The number of hydrogen-bond acceptors (Lipinski definition) is 9. The summed E-state index contributed by atoms with van der Waals surface area (Å²) in [4.78, 5) is 21.3. The molecule has 4 rings (SSSR count). The summed E-state index contributed by atoms with van der Waals surface area (Å²) in [7, 11) is -2.79. The summed E-state index contributed by atoms with van der Waals surface area (Å²) in [5, 5.41) is 3.55. The van der Waals surface area contributed by atoms with Gasteiger partial charge in [-0.25, -0.2) is 14.5 Å². The summed E-state index contributed by atoms with van der Waals surface area (Å²) in [6.07, 6.45) is -0.659. The van der Waals surface area contributed by atoms with E-state index in [0.717, 1.165) is 16.4 Å². The van der Waals surface area contributed by atoms with Crippen LogP contribution in [-0.2, 0) is 36.5 Å². The number of carbonyl (C=O) groups excluding carboxylic acids is 1. The second kappa shape index (κ2) is 11.9. The normalized spacial score (nSPS) is 14.7. The van der Waals surface area contributed by atoms with Crippen LogP contribution in [0.1, 0.15) is 26.6 Å². The molecule has 38 heavy (non-hydrogen) atoms. The van der Waals surface area contributed by atoms with Crippen LogP contribution in [0.5, 0.6) is 5.75 Å². The Bertz CT molecular complexity index is 1460. The zero-order chi connectivity index (χ0) is 27.3. The summed E-state index contributed by atoms with van der Waals surface area (Å²) in [5.41, 5.74) is 8.31. The fraction of sp³-hybridized carbons (Fsp3) is 0.346. The molecule has 0 radical (unpaired) electrons. The molecule has 0 aliphatic rings. The van der Waals surface area contributed by atoms with Crippen molar-refractivity contribution >= 4 is 41.5 Å². The molecule has 2 aromatic heterocycles. The van der Waals surface area contributed by atoms with Crippen LogP contribution >= 0.6 is 7.75 Å². The molecular formula is C26H32N5O6P. The van der Waals surface area contributed by atoms with E-state index in [4.69, 9.17) is 29.2 Å². The lowest BCUT2D eigenvalue weighted by Gasteiger charge is -2.26. The standard InChI is InChI=1S/C26H32N5O6P/c1-5-35-16-22-29-23-24(20-13-9-10-14-21(20)28-25(23)27)31(22)15-17(2)36-38(33,30-18(3)26(32)34-4)37-19-11-7-6-8-12-19/h6-14,17-18H,5,15-16H2,1-4H3,(H2,27,28)(H,30,33)/t17-,18-,38-/m0/s1. The number of aromatic nitrogens is 3. The van der Waals surface area contributed by atoms with Crippen molar-refractivity contribution in [2.24, 2.45) is 0 Å². The van der Waals surface area contributed by atoms with Crippen molar-refractivity contribution in [1.82, 2.24) is 19.6 Å². The highest BCUT2D eigenvalue weighted by Crippen LogP contribution is 2.46. The predicted molar refractivity (Wildman–Crippen MR) is 145 cm³/mol. The Balaban J connectivity index is 1.70. The Morgan fingerprint density at radius 2 is 1.82 bits per heavy atom. The molecule has 202 valence electrons. The highest BCUT2D eigenvalue weighted by Gasteiger charge is 2.34. The van der Waals surface area contributed by atoms with E-state index in [9.17, 15) is 9.36 Å². The minimum absolute atomic E-state index is 0.238. The van der Waals surface area contributed by atoms with Gasteiger partial charge in [-0.05, 0) is 39.0 Å². The molecule has 3 atom stereocenters. The Morgan fingerprint density at radius 3 is 2.53 bits per heavy atom. The maximum absolute atomic E-state index is 13.9. The van der Waals surface area contributed by atoms with Crippen molar-refractivity contribution in [2.75, 3.05) is 19.5 Å². The Labute approximate surface area is 220 Å². The van der Waals surface area contributed by atoms with Gasteiger partial charge in [0.1, 0.15) is 29.7 Å². The summed E-state index contributed by atoms with van der Waals surface area (Å²) in [6.45, 7) is 6.15. The molecule has 0 unspecified atom stereocenters. The van der Waals surface area contributed by atoms with Gasteiger partial charge in [0, 0.05) is 12.0 Å². The van der Waals surface area contributed by atoms with Gasteiger partial charge in [-0.3, -0.25) is 9.32 Å². The van der Waals surface area contributed by atoms with E-state index in [1.54, 1.807) is 37.3 Å². The maximum atomic E-state index is 13.9. The van der Waals surface area contributed by atoms with Crippen molar-refractivity contribution in [2.45, 2.75) is 46.1 Å². The van der Waals surface area contributed by atoms with Crippen molar-refractivity contribution in [3.8, 4) is 5.75 Å². The van der Waals surface area contributed by atoms with Crippen molar-refractivity contribution in [3.05, 3.63) is 60.4 Å². The third-order valence-electron chi connectivity index (χ3n) is 5.76. The molecule has 3 N–H and O–H groups in total. The summed E-state index contributed by atoms with van der Waals surface area (Å²) < 4.78 is 38.0. The summed E-state index contributed by atoms with van der Waals surface area (Å²) in [5.74, 6) is 0.641. The van der Waals surface area contributed by atoms with E-state index in [1.165, 1.54) is 14.0 Å². The second-order valence-corrected chi connectivity index (χ2v) is 10.3. The minimum atomic E-state index is -4.05. The van der Waals surface area contributed by atoms with Crippen LogP contribution in [0.2, 0.25) is 0 Å². The van der Waals surface area contributed by atoms with Gasteiger partial charge in [0.15, 0.2) is 5.82 Å². The Morgan fingerprint density at radius 1 is 1.11 bits per heavy atom. The lowest BCUT2D eigenvalue weighted by Crippen LogP contribution is -2.35. The van der Waals surface area contributed by atoms with Gasteiger partial charge in [-0.2, -0.15) is 5.09 Å². The van der Waals surface area contributed by atoms with Gasteiger partial charge >= 0.3 is 13.7 Å². The Kier molecular flexibility index (Phi) is 8.63. The smallest absolute Gasteiger partial charge is 0.459 e. The monoisotopic (exact) mass is 541 g/mol. The van der Waals surface area contributed by atoms with Crippen LogP contribution in [0.3, 0.4) is 0 Å². The van der Waals surface area contributed by atoms with Gasteiger partial charge < -0.3 is 24.3 Å². The molecule has 2 aromatic carbocycles. The number of imidazole rings is 1. The number of nitrogens with two attached hydrogens (primary N) is 1. The first-order chi connectivity index (χ1) is 18.2. The lowest BCUT2D eigenvalue weighted by molar-refractivity contribution is -0.142. The molecular weight excluding hydrogens is 509 g/mol. The number of carbonyl (C=O) groups is 1. The van der Waals surface area contributed by atoms with Crippen molar-refractivity contribution < 1.29 is 27.9 Å². The average molecular weight is 542 g/mol. The van der Waals surface area contributed by atoms with E-state index in [1.807, 2.05) is 35.8 Å². The number of benzene rings is 2. The molecule has 0 aliphatic heterocycles. The van der Waals surface area contributed by atoms with Crippen LogP contribution in [0.25, 0.3) is 21.9 Å². The topological polar surface area (TPSA) is 140 Å². The van der Waals surface area contributed by atoms with Crippen LogP contribution in [0, 0.1) is 0 Å². The maximum Gasteiger partial charge on any atom is 0.459 e. The fourth-order valence-corrected chi connectivity index (χ4v) is 5.77. The SMILES string of the molecule is CCOCc1nc2c(N)nc3ccccc3c2n1C[C@H](C)O[P@@](=O)(N[C@@H](C)C(=O)OC)Oc1ccccc1. The van der Waals surface area contributed by atoms with Crippen LogP contribution < -0.4 is 15.3 Å². The molecule has 0 saturated heterocycles. The van der Waals surface area contributed by atoms with Gasteiger partial charge in [-0.1, -0.05) is 36.4 Å². The fourth-order valence-electron chi connectivity index (χ4n) is 4.10. The molecule has 0 bridgehead atoms. The van der Waals surface area contributed by atoms with Gasteiger partial charge in [0.05, 0.1) is 30.8 Å². The number of methoxy groups -OCH3 is 1. The predicted octanol–water partition coefficient (Wildman–Crippen LogP) is 4.45. The molecule has 0 spiro atoms. The number of nitrogens with zero attached hydrogens (tertiary/aromatic N) is 3. The molecule has 12 heteroatoms. The molecule has 2 heterocycles. The van der Waals surface area contributed by atoms with Crippen molar-refractivity contribution in [3.63, 3.8) is 0 Å². The largest absolute Gasteiger partial charge is 0.468 e. The second-order valence-electron chi connectivity index (χ2n) is 8.68. The average Bonchev–Trinajstić information content (AvgIpc) is 3.25. The first-order valence-electron chi connectivity index (χ1n) is 12.2. The highest BCUT2D eigenvalue weighted by atomic mass is 31.2. The quantitative estimate of drug-likeness (QED) is 0.195. The van der Waals surface area contributed by atoms with E-state index >= 15 is 0 Å². The lowest BCUT2D eigenvalue weighted by atomic mass is 10.2. The van der Waals surface area contributed by atoms with Gasteiger partial charge in [0.25, 0.3) is 0 Å². The molecule has 0 amide bonds. The first kappa shape index (κ1) is 27.5. The molecule has 0 aliphatic carbocycles. The third kappa shape index (κ3) is 6.14. The number of ether oxygens (including phenoxy) is 2. The zero-order valence-corrected chi connectivity index (χ0v) is 22.7. The van der Waals surface area contributed by atoms with Gasteiger partial charge in [0.2, 0.25) is 0 Å². The van der Waals surface area contributed by atoms with Crippen LogP contribution in [-0.4, -0.2) is 46.4 Å². The number of anilines is 1. The first-order valence-corrected chi connectivity index (χ1v) is 13.8. The van der Waals surface area contributed by atoms with E-state index in [0.29, 0.717) is 29.5 Å². The number of esters is 1. The number of para-hydroxylation sites is 2. The minimum Gasteiger partial charge on any atom is -0.468 e. The van der Waals surface area contributed by atoms with Crippen molar-refractivity contribution in [1.29, 1.82) is 0 Å². The van der Waals surface area contributed by atoms with Crippen LogP contribution in [0.4, 0.5) is 5.82 Å². The van der Waals surface area contributed by atoms with Gasteiger partial charge in [-0.15, -0.1) is 0 Å². The molecule has 11 nitrogen and oxygen atoms in total. The van der Waals surface area contributed by atoms with Crippen LogP contribution in [0.15, 0.2) is 54.6 Å². The highest BCUT2D eigenvalue weighted by molar-refractivity contribution is 7.52. The third-order valence-corrected chi connectivity index (χ3v) is 7.55. The Hall–Kier alpha value is -3.50. The number of nitrogen functional groups attached to an aromatic ring is 1. The van der Waals surface area contributed by atoms with E-state index in [2.05, 4.69) is 10.1 Å². The summed E-state index contributed by atoms with van der Waals surface area (Å²) >= 11 is 0. The number of rotatable bonds is 12.